The molecule has 1 aromatic carbocycles. The van der Waals surface area contributed by atoms with Gasteiger partial charge in [-0.2, -0.15) is 0 Å². The Morgan fingerprint density at radius 1 is 1.31 bits per heavy atom. The highest BCUT2D eigenvalue weighted by molar-refractivity contribution is 5.85. The van der Waals surface area contributed by atoms with Crippen LogP contribution in [0.5, 0.6) is 0 Å². The van der Waals surface area contributed by atoms with Gasteiger partial charge in [0.05, 0.1) is 0 Å². The third-order valence-corrected chi connectivity index (χ3v) is 1.72. The molecule has 0 heterocycles. The molecule has 0 amide bonds. The van der Waals surface area contributed by atoms with Gasteiger partial charge < -0.3 is 5.73 Å². The lowest BCUT2D eigenvalue weighted by molar-refractivity contribution is 0.689. The molecule has 0 radical (unpaired) electrons. The summed E-state index contributed by atoms with van der Waals surface area (Å²) in [5.74, 6) is 2.56. The summed E-state index contributed by atoms with van der Waals surface area (Å²) in [4.78, 5) is 0. The molecule has 0 saturated carbocycles. The van der Waals surface area contributed by atoms with Gasteiger partial charge in [-0.15, -0.1) is 24.8 Å². The van der Waals surface area contributed by atoms with Crippen LogP contribution >= 0.6 is 12.4 Å². The molecular formula is C11H14ClN. The number of terminal acetylenes is 1. The molecule has 1 rings (SSSR count). The standard InChI is InChI=1S/C11H13N.ClH/c1-2-6-11(12)9-10-7-4-3-5-8-10;/h1,3-5,7-8,11H,6,9,12H2;1H. The summed E-state index contributed by atoms with van der Waals surface area (Å²) < 4.78 is 0. The number of nitrogens with two attached hydrogens (primary N) is 1. The maximum absolute atomic E-state index is 5.77. The lowest BCUT2D eigenvalue weighted by Crippen LogP contribution is -2.21. The zero-order chi connectivity index (χ0) is 8.81. The van der Waals surface area contributed by atoms with E-state index in [2.05, 4.69) is 18.1 Å². The number of rotatable bonds is 3. The molecule has 0 aliphatic rings. The van der Waals surface area contributed by atoms with E-state index >= 15 is 0 Å². The van der Waals surface area contributed by atoms with Crippen molar-refractivity contribution in [2.75, 3.05) is 0 Å². The van der Waals surface area contributed by atoms with Crippen molar-refractivity contribution in [3.8, 4) is 12.3 Å². The predicted molar refractivity (Wildman–Crippen MR) is 58.8 cm³/mol. The van der Waals surface area contributed by atoms with E-state index in [9.17, 15) is 0 Å². The predicted octanol–water partition coefficient (Wildman–Crippen LogP) is 2.00. The molecule has 1 atom stereocenters. The van der Waals surface area contributed by atoms with Crippen LogP contribution in [0, 0.1) is 12.3 Å². The Bertz CT molecular complexity index is 263. The van der Waals surface area contributed by atoms with Gasteiger partial charge in [-0.25, -0.2) is 0 Å². The van der Waals surface area contributed by atoms with E-state index < -0.39 is 0 Å². The highest BCUT2D eigenvalue weighted by atomic mass is 35.5. The van der Waals surface area contributed by atoms with Gasteiger partial charge in [-0.05, 0) is 12.0 Å². The van der Waals surface area contributed by atoms with Crippen molar-refractivity contribution < 1.29 is 0 Å². The van der Waals surface area contributed by atoms with E-state index in [1.165, 1.54) is 5.56 Å². The van der Waals surface area contributed by atoms with Crippen LogP contribution < -0.4 is 5.73 Å². The lowest BCUT2D eigenvalue weighted by atomic mass is 10.0. The molecule has 0 saturated heterocycles. The van der Waals surface area contributed by atoms with Gasteiger partial charge in [-0.1, -0.05) is 30.3 Å². The molecule has 0 aromatic heterocycles. The Morgan fingerprint density at radius 2 is 1.92 bits per heavy atom. The third-order valence-electron chi connectivity index (χ3n) is 1.72. The SMILES string of the molecule is C#CCC(N)Cc1ccccc1.Cl. The molecule has 0 bridgehead atoms. The Balaban J connectivity index is 0.00000144. The summed E-state index contributed by atoms with van der Waals surface area (Å²) in [7, 11) is 0. The van der Waals surface area contributed by atoms with Crippen LogP contribution in [0.3, 0.4) is 0 Å². The van der Waals surface area contributed by atoms with Crippen molar-refractivity contribution in [1.29, 1.82) is 0 Å². The fraction of sp³-hybridized carbons (Fsp3) is 0.273. The average Bonchev–Trinajstić information content (AvgIpc) is 2.06. The Labute approximate surface area is 85.7 Å². The van der Waals surface area contributed by atoms with Crippen molar-refractivity contribution in [3.63, 3.8) is 0 Å². The van der Waals surface area contributed by atoms with Crippen LogP contribution in [0.15, 0.2) is 30.3 Å². The Hall–Kier alpha value is -0.970. The molecule has 0 aliphatic carbocycles. The normalized spacial score (nSPS) is 11.1. The van der Waals surface area contributed by atoms with E-state index in [0.717, 1.165) is 6.42 Å². The molecule has 2 N–H and O–H groups in total. The van der Waals surface area contributed by atoms with Gasteiger partial charge >= 0.3 is 0 Å². The van der Waals surface area contributed by atoms with Crippen LogP contribution in [0.2, 0.25) is 0 Å². The minimum Gasteiger partial charge on any atom is -0.327 e. The maximum Gasteiger partial charge on any atom is 0.0241 e. The first-order chi connectivity index (χ1) is 5.83. The number of hydrogen-bond donors (Lipinski definition) is 1. The van der Waals surface area contributed by atoms with Crippen molar-refractivity contribution in [2.45, 2.75) is 18.9 Å². The zero-order valence-electron chi connectivity index (χ0n) is 7.44. The summed E-state index contributed by atoms with van der Waals surface area (Å²) in [5, 5.41) is 0. The fourth-order valence-electron chi connectivity index (χ4n) is 1.14. The summed E-state index contributed by atoms with van der Waals surface area (Å²) >= 11 is 0. The maximum atomic E-state index is 5.77. The van der Waals surface area contributed by atoms with Crippen molar-refractivity contribution in [1.82, 2.24) is 0 Å². The van der Waals surface area contributed by atoms with Crippen molar-refractivity contribution in [3.05, 3.63) is 35.9 Å². The summed E-state index contributed by atoms with van der Waals surface area (Å²) in [5.41, 5.74) is 7.02. The van der Waals surface area contributed by atoms with Crippen LogP contribution in [0.4, 0.5) is 0 Å². The van der Waals surface area contributed by atoms with Crippen LogP contribution in [0.1, 0.15) is 12.0 Å². The van der Waals surface area contributed by atoms with Crippen LogP contribution in [-0.2, 0) is 6.42 Å². The minimum absolute atomic E-state index is 0. The molecule has 1 aromatic rings. The zero-order valence-corrected chi connectivity index (χ0v) is 8.26. The van der Waals surface area contributed by atoms with Crippen LogP contribution in [0.25, 0.3) is 0 Å². The molecule has 0 spiro atoms. The second-order valence-corrected chi connectivity index (χ2v) is 2.86. The molecule has 1 unspecified atom stereocenters. The van der Waals surface area contributed by atoms with Crippen molar-refractivity contribution >= 4 is 12.4 Å². The summed E-state index contributed by atoms with van der Waals surface area (Å²) in [6.45, 7) is 0. The Morgan fingerprint density at radius 3 is 2.46 bits per heavy atom. The highest BCUT2D eigenvalue weighted by Crippen LogP contribution is 2.02. The fourth-order valence-corrected chi connectivity index (χ4v) is 1.14. The lowest BCUT2D eigenvalue weighted by Gasteiger charge is -2.06. The number of benzene rings is 1. The smallest absolute Gasteiger partial charge is 0.0241 e. The number of hydrogen-bond acceptors (Lipinski definition) is 1. The molecular weight excluding hydrogens is 182 g/mol. The monoisotopic (exact) mass is 195 g/mol. The first-order valence-electron chi connectivity index (χ1n) is 4.06. The van der Waals surface area contributed by atoms with Crippen molar-refractivity contribution in [2.24, 2.45) is 5.73 Å². The first-order valence-corrected chi connectivity index (χ1v) is 4.06. The summed E-state index contributed by atoms with van der Waals surface area (Å²) in [6.07, 6.45) is 6.67. The van der Waals surface area contributed by atoms with Gasteiger partial charge in [-0.3, -0.25) is 0 Å². The first kappa shape index (κ1) is 12.0. The Kier molecular flexibility index (Phi) is 6.05. The number of halogens is 1. The van der Waals surface area contributed by atoms with E-state index in [-0.39, 0.29) is 18.4 Å². The van der Waals surface area contributed by atoms with Crippen LogP contribution in [-0.4, -0.2) is 6.04 Å². The topological polar surface area (TPSA) is 26.0 Å². The molecule has 1 nitrogen and oxygen atoms in total. The second-order valence-electron chi connectivity index (χ2n) is 2.86. The van der Waals surface area contributed by atoms with Gasteiger partial charge in [0.2, 0.25) is 0 Å². The summed E-state index contributed by atoms with van der Waals surface area (Å²) in [6, 6.07) is 10.2. The van der Waals surface area contributed by atoms with E-state index in [4.69, 9.17) is 12.2 Å². The van der Waals surface area contributed by atoms with Gasteiger partial charge in [0, 0.05) is 12.5 Å². The molecule has 70 valence electrons. The largest absolute Gasteiger partial charge is 0.327 e. The van der Waals surface area contributed by atoms with E-state index in [1.807, 2.05) is 18.2 Å². The molecule has 0 aliphatic heterocycles. The molecule has 2 heteroatoms. The highest BCUT2D eigenvalue weighted by Gasteiger charge is 2.00. The molecule has 0 fully saturated rings. The average molecular weight is 196 g/mol. The van der Waals surface area contributed by atoms with Gasteiger partial charge in [0.1, 0.15) is 0 Å². The van der Waals surface area contributed by atoms with E-state index in [1.54, 1.807) is 0 Å². The molecule has 13 heavy (non-hydrogen) atoms. The quantitative estimate of drug-likeness (QED) is 0.734. The second kappa shape index (κ2) is 6.54. The van der Waals surface area contributed by atoms with E-state index in [0.29, 0.717) is 6.42 Å². The van der Waals surface area contributed by atoms with Gasteiger partial charge in [0.15, 0.2) is 0 Å². The minimum atomic E-state index is 0. The van der Waals surface area contributed by atoms with Gasteiger partial charge in [0.25, 0.3) is 0 Å². The third kappa shape index (κ3) is 4.57.